The molecule has 1 unspecified atom stereocenters. The number of para-hydroxylation sites is 1. The van der Waals surface area contributed by atoms with Gasteiger partial charge in [0.1, 0.15) is 17.3 Å². The molecule has 0 aliphatic rings. The predicted molar refractivity (Wildman–Crippen MR) is 79.6 cm³/mol. The third-order valence-electron chi connectivity index (χ3n) is 3.50. The van der Waals surface area contributed by atoms with Crippen molar-refractivity contribution in [1.29, 1.82) is 0 Å². The fourth-order valence-electron chi connectivity index (χ4n) is 2.55. The fraction of sp³-hybridized carbons (Fsp3) is 0.500. The number of halogens is 1. The summed E-state index contributed by atoms with van der Waals surface area (Å²) in [5.74, 6) is -0.517. The average Bonchev–Trinajstić information content (AvgIpc) is 2.81. The number of rotatable bonds is 6. The van der Waals surface area contributed by atoms with Crippen LogP contribution in [-0.2, 0) is 16.1 Å². The minimum Gasteiger partial charge on any atom is -0.465 e. The minimum absolute atomic E-state index is 0.298. The molecule has 0 spiro atoms. The zero-order valence-electron chi connectivity index (χ0n) is 12.7. The second-order valence-electron chi connectivity index (χ2n) is 4.94. The van der Waals surface area contributed by atoms with Gasteiger partial charge in [0.15, 0.2) is 5.82 Å². The predicted octanol–water partition coefficient (Wildman–Crippen LogP) is 3.64. The van der Waals surface area contributed by atoms with Gasteiger partial charge in [0.2, 0.25) is 0 Å². The van der Waals surface area contributed by atoms with Crippen molar-refractivity contribution in [3.8, 4) is 0 Å². The van der Waals surface area contributed by atoms with E-state index in [9.17, 15) is 9.18 Å². The summed E-state index contributed by atoms with van der Waals surface area (Å²) < 4.78 is 21.0. The van der Waals surface area contributed by atoms with Crippen molar-refractivity contribution < 1.29 is 13.9 Å². The summed E-state index contributed by atoms with van der Waals surface area (Å²) in [5.41, 5.74) is 1.05. The van der Waals surface area contributed by atoms with Crippen LogP contribution < -0.4 is 0 Å². The van der Waals surface area contributed by atoms with Gasteiger partial charge in [-0.15, -0.1) is 0 Å². The first-order valence-corrected chi connectivity index (χ1v) is 7.45. The van der Waals surface area contributed by atoms with Gasteiger partial charge in [0, 0.05) is 6.54 Å². The van der Waals surface area contributed by atoms with Gasteiger partial charge in [-0.3, -0.25) is 4.79 Å². The quantitative estimate of drug-likeness (QED) is 0.763. The van der Waals surface area contributed by atoms with Gasteiger partial charge < -0.3 is 9.30 Å². The molecule has 0 N–H and O–H groups in total. The molecule has 4 nitrogen and oxygen atoms in total. The summed E-state index contributed by atoms with van der Waals surface area (Å²) in [7, 11) is 0. The Balaban J connectivity index is 2.57. The zero-order chi connectivity index (χ0) is 15.4. The number of carbonyl (C=O) groups excluding carboxylic acids is 1. The number of esters is 1. The van der Waals surface area contributed by atoms with Crippen molar-refractivity contribution in [3.05, 3.63) is 29.8 Å². The summed E-state index contributed by atoms with van der Waals surface area (Å²) in [6.07, 6.45) is 1.46. The Morgan fingerprint density at radius 3 is 2.76 bits per heavy atom. The van der Waals surface area contributed by atoms with E-state index in [-0.39, 0.29) is 11.8 Å². The zero-order valence-corrected chi connectivity index (χ0v) is 12.7. The lowest BCUT2D eigenvalue weighted by Gasteiger charge is -2.15. The normalized spacial score (nSPS) is 12.6. The van der Waals surface area contributed by atoms with Gasteiger partial charge in [-0.25, -0.2) is 9.37 Å². The molecular weight excluding hydrogens is 271 g/mol. The van der Waals surface area contributed by atoms with E-state index in [1.165, 1.54) is 6.07 Å². The van der Waals surface area contributed by atoms with E-state index in [2.05, 4.69) is 4.98 Å². The lowest BCUT2D eigenvalue weighted by atomic mass is 10.1. The Morgan fingerprint density at radius 2 is 2.14 bits per heavy atom. The van der Waals surface area contributed by atoms with E-state index in [4.69, 9.17) is 4.74 Å². The van der Waals surface area contributed by atoms with Gasteiger partial charge in [-0.05, 0) is 31.9 Å². The van der Waals surface area contributed by atoms with Crippen LogP contribution >= 0.6 is 0 Å². The Labute approximate surface area is 123 Å². The second-order valence-corrected chi connectivity index (χ2v) is 4.94. The van der Waals surface area contributed by atoms with Crippen LogP contribution in [0.5, 0.6) is 0 Å². The van der Waals surface area contributed by atoms with Crippen LogP contribution in [0.2, 0.25) is 0 Å². The van der Waals surface area contributed by atoms with Gasteiger partial charge in [-0.1, -0.05) is 19.9 Å². The van der Waals surface area contributed by atoms with E-state index < -0.39 is 5.92 Å². The highest BCUT2D eigenvalue weighted by molar-refractivity contribution is 5.81. The number of imidazole rings is 1. The molecule has 1 atom stereocenters. The molecule has 0 aliphatic heterocycles. The first-order chi connectivity index (χ1) is 10.1. The van der Waals surface area contributed by atoms with Crippen LogP contribution in [0.3, 0.4) is 0 Å². The first-order valence-electron chi connectivity index (χ1n) is 7.45. The molecular formula is C16H21FN2O2. The monoisotopic (exact) mass is 292 g/mol. The SMILES string of the molecule is CCCn1c(C(CC)C(=O)OCC)nc2c(F)cccc21. The van der Waals surface area contributed by atoms with Crippen LogP contribution in [0, 0.1) is 5.82 Å². The van der Waals surface area contributed by atoms with Gasteiger partial charge in [-0.2, -0.15) is 0 Å². The number of aromatic nitrogens is 2. The Bertz CT molecular complexity index is 636. The summed E-state index contributed by atoms with van der Waals surface area (Å²) in [6.45, 7) is 6.76. The van der Waals surface area contributed by atoms with Gasteiger partial charge >= 0.3 is 5.97 Å². The molecule has 21 heavy (non-hydrogen) atoms. The molecule has 114 valence electrons. The Kier molecular flexibility index (Phi) is 4.94. The van der Waals surface area contributed by atoms with Crippen molar-refractivity contribution in [2.45, 2.75) is 46.1 Å². The topological polar surface area (TPSA) is 44.1 Å². The largest absolute Gasteiger partial charge is 0.465 e. The maximum absolute atomic E-state index is 13.9. The summed E-state index contributed by atoms with van der Waals surface area (Å²) in [4.78, 5) is 16.5. The molecule has 0 amide bonds. The van der Waals surface area contributed by atoms with Crippen molar-refractivity contribution in [3.63, 3.8) is 0 Å². The lowest BCUT2D eigenvalue weighted by Crippen LogP contribution is -2.19. The number of hydrogen-bond acceptors (Lipinski definition) is 3. The van der Waals surface area contributed by atoms with Gasteiger partial charge in [0.05, 0.1) is 12.1 Å². The molecule has 5 heteroatoms. The molecule has 0 aliphatic carbocycles. The van der Waals surface area contributed by atoms with E-state index >= 15 is 0 Å². The molecule has 2 aromatic rings. The average molecular weight is 292 g/mol. The smallest absolute Gasteiger partial charge is 0.316 e. The molecule has 0 radical (unpaired) electrons. The van der Waals surface area contributed by atoms with Crippen LogP contribution in [0.25, 0.3) is 11.0 Å². The summed E-state index contributed by atoms with van der Waals surface area (Å²) >= 11 is 0. The third-order valence-corrected chi connectivity index (χ3v) is 3.50. The molecule has 1 aromatic carbocycles. The summed E-state index contributed by atoms with van der Waals surface area (Å²) in [5, 5.41) is 0. The van der Waals surface area contributed by atoms with Crippen LogP contribution in [0.4, 0.5) is 4.39 Å². The van der Waals surface area contributed by atoms with Crippen molar-refractivity contribution in [1.82, 2.24) is 9.55 Å². The van der Waals surface area contributed by atoms with E-state index in [1.54, 1.807) is 13.0 Å². The maximum Gasteiger partial charge on any atom is 0.316 e. The molecule has 0 bridgehead atoms. The third kappa shape index (κ3) is 2.91. The lowest BCUT2D eigenvalue weighted by molar-refractivity contribution is -0.145. The van der Waals surface area contributed by atoms with Crippen LogP contribution in [0.1, 0.15) is 45.4 Å². The van der Waals surface area contributed by atoms with Crippen molar-refractivity contribution in [2.24, 2.45) is 0 Å². The highest BCUT2D eigenvalue weighted by Crippen LogP contribution is 2.27. The highest BCUT2D eigenvalue weighted by Gasteiger charge is 2.27. The minimum atomic E-state index is -0.455. The molecule has 1 aromatic heterocycles. The highest BCUT2D eigenvalue weighted by atomic mass is 19.1. The number of nitrogens with zero attached hydrogens (tertiary/aromatic N) is 2. The number of fused-ring (bicyclic) bond motifs is 1. The first kappa shape index (κ1) is 15.5. The Hall–Kier alpha value is -1.91. The van der Waals surface area contributed by atoms with Crippen LogP contribution in [0.15, 0.2) is 18.2 Å². The standard InChI is InChI=1S/C16H21FN2O2/c1-4-10-19-13-9-7-8-12(17)14(13)18-15(19)11(5-2)16(20)21-6-3/h7-9,11H,4-6,10H2,1-3H3. The van der Waals surface area contributed by atoms with E-state index in [0.717, 1.165) is 11.9 Å². The Morgan fingerprint density at radius 1 is 1.38 bits per heavy atom. The van der Waals surface area contributed by atoms with Crippen molar-refractivity contribution in [2.75, 3.05) is 6.61 Å². The van der Waals surface area contributed by atoms with Gasteiger partial charge in [0.25, 0.3) is 0 Å². The number of aryl methyl sites for hydroxylation is 1. The number of carbonyl (C=O) groups is 1. The van der Waals surface area contributed by atoms with Crippen molar-refractivity contribution >= 4 is 17.0 Å². The number of hydrogen-bond donors (Lipinski definition) is 0. The molecule has 2 rings (SSSR count). The second kappa shape index (κ2) is 6.70. The van der Waals surface area contributed by atoms with Crippen LogP contribution in [-0.4, -0.2) is 22.1 Å². The molecule has 1 heterocycles. The maximum atomic E-state index is 13.9. The molecule has 0 saturated carbocycles. The number of ether oxygens (including phenoxy) is 1. The summed E-state index contributed by atoms with van der Waals surface area (Å²) in [6, 6.07) is 4.89. The van der Waals surface area contributed by atoms with E-state index in [1.807, 2.05) is 24.5 Å². The molecule has 0 saturated heterocycles. The molecule has 0 fully saturated rings. The fourth-order valence-corrected chi connectivity index (χ4v) is 2.55. The number of benzene rings is 1. The van der Waals surface area contributed by atoms with E-state index in [0.29, 0.717) is 30.9 Å².